The average Bonchev–Trinajstić information content (AvgIpc) is 3.23. The molecule has 4 rings (SSSR count). The molecule has 2 heterocycles. The highest BCUT2D eigenvalue weighted by Gasteiger charge is 2.34. The summed E-state index contributed by atoms with van der Waals surface area (Å²) in [6, 6.07) is 5.36. The second kappa shape index (κ2) is 7.80. The third kappa shape index (κ3) is 3.76. The van der Waals surface area contributed by atoms with Crippen molar-refractivity contribution >= 4 is 5.91 Å². The maximum absolute atomic E-state index is 14.7. The van der Waals surface area contributed by atoms with Gasteiger partial charge in [-0.25, -0.2) is 4.39 Å². The minimum atomic E-state index is -0.503. The molecule has 0 bridgehead atoms. The molecular weight excluding hydrogens is 345 g/mol. The van der Waals surface area contributed by atoms with Crippen LogP contribution in [-0.2, 0) is 4.79 Å². The van der Waals surface area contributed by atoms with Crippen molar-refractivity contribution in [3.63, 3.8) is 0 Å². The van der Waals surface area contributed by atoms with Crippen molar-refractivity contribution in [2.24, 2.45) is 5.92 Å². The molecule has 2 fully saturated rings. The van der Waals surface area contributed by atoms with Crippen molar-refractivity contribution in [3.05, 3.63) is 42.0 Å². The summed E-state index contributed by atoms with van der Waals surface area (Å²) in [5, 5.41) is 16.8. The van der Waals surface area contributed by atoms with Crippen LogP contribution in [0.5, 0.6) is 0 Å². The molecule has 2 aromatic rings. The fraction of sp³-hybridized carbons (Fsp3) is 0.524. The number of aliphatic hydroxyl groups is 1. The van der Waals surface area contributed by atoms with E-state index in [1.807, 2.05) is 17.0 Å². The SMILES string of the molecule is O=C([C@@H]1CCCC[C@H]1O)N1CCC(c2ccc(-c3cn[nH]c3)cc2F)CC1. The zero-order valence-corrected chi connectivity index (χ0v) is 15.4. The number of amides is 1. The molecule has 2 atom stereocenters. The third-order valence-electron chi connectivity index (χ3n) is 6.13. The highest BCUT2D eigenvalue weighted by molar-refractivity contribution is 5.79. The minimum Gasteiger partial charge on any atom is -0.392 e. The van der Waals surface area contributed by atoms with E-state index in [2.05, 4.69) is 10.2 Å². The first kappa shape index (κ1) is 18.2. The quantitative estimate of drug-likeness (QED) is 0.868. The Morgan fingerprint density at radius 1 is 1.15 bits per heavy atom. The first-order chi connectivity index (χ1) is 13.1. The zero-order chi connectivity index (χ0) is 18.8. The largest absolute Gasteiger partial charge is 0.392 e. The van der Waals surface area contributed by atoms with Crippen LogP contribution in [0, 0.1) is 11.7 Å². The van der Waals surface area contributed by atoms with Gasteiger partial charge in [0.2, 0.25) is 5.91 Å². The van der Waals surface area contributed by atoms with Gasteiger partial charge in [-0.1, -0.05) is 25.0 Å². The van der Waals surface area contributed by atoms with Crippen molar-refractivity contribution in [2.45, 2.75) is 50.5 Å². The molecule has 1 amide bonds. The number of nitrogens with zero attached hydrogens (tertiary/aromatic N) is 2. The summed E-state index contributed by atoms with van der Waals surface area (Å²) in [6.07, 6.45) is 7.96. The molecule has 1 aromatic carbocycles. The van der Waals surface area contributed by atoms with E-state index in [0.29, 0.717) is 13.1 Å². The summed E-state index contributed by atoms with van der Waals surface area (Å²) in [6.45, 7) is 1.27. The summed E-state index contributed by atoms with van der Waals surface area (Å²) in [4.78, 5) is 14.6. The number of halogens is 1. The van der Waals surface area contributed by atoms with Gasteiger partial charge >= 0.3 is 0 Å². The maximum atomic E-state index is 14.7. The van der Waals surface area contributed by atoms with Crippen molar-refractivity contribution < 1.29 is 14.3 Å². The lowest BCUT2D eigenvalue weighted by Crippen LogP contribution is -2.45. The van der Waals surface area contributed by atoms with Gasteiger partial charge in [-0.2, -0.15) is 5.10 Å². The molecule has 0 unspecified atom stereocenters. The topological polar surface area (TPSA) is 69.2 Å². The molecular formula is C21H26FN3O2. The first-order valence-corrected chi connectivity index (χ1v) is 9.89. The Morgan fingerprint density at radius 3 is 2.59 bits per heavy atom. The lowest BCUT2D eigenvalue weighted by molar-refractivity contribution is -0.142. The molecule has 2 aliphatic rings. The smallest absolute Gasteiger partial charge is 0.228 e. The monoisotopic (exact) mass is 371 g/mol. The van der Waals surface area contributed by atoms with Crippen molar-refractivity contribution in [3.8, 4) is 11.1 Å². The van der Waals surface area contributed by atoms with Gasteiger partial charge in [0.25, 0.3) is 0 Å². The van der Waals surface area contributed by atoms with Gasteiger partial charge in [-0.15, -0.1) is 0 Å². The second-order valence-electron chi connectivity index (χ2n) is 7.78. The number of aliphatic hydroxyl groups excluding tert-OH is 1. The molecule has 27 heavy (non-hydrogen) atoms. The zero-order valence-electron chi connectivity index (χ0n) is 15.4. The molecule has 1 aliphatic heterocycles. The first-order valence-electron chi connectivity index (χ1n) is 9.89. The van der Waals surface area contributed by atoms with Crippen LogP contribution in [0.2, 0.25) is 0 Å². The summed E-state index contributed by atoms with van der Waals surface area (Å²) in [7, 11) is 0. The van der Waals surface area contributed by atoms with E-state index in [1.54, 1.807) is 18.5 Å². The van der Waals surface area contributed by atoms with Crippen LogP contribution in [0.3, 0.4) is 0 Å². The van der Waals surface area contributed by atoms with Crippen LogP contribution in [0.25, 0.3) is 11.1 Å². The number of likely N-dealkylation sites (tertiary alicyclic amines) is 1. The fourth-order valence-corrected chi connectivity index (χ4v) is 4.49. The van der Waals surface area contributed by atoms with Gasteiger partial charge in [-0.3, -0.25) is 9.89 Å². The average molecular weight is 371 g/mol. The van der Waals surface area contributed by atoms with E-state index in [0.717, 1.165) is 55.2 Å². The summed E-state index contributed by atoms with van der Waals surface area (Å²) in [5.41, 5.74) is 2.41. The van der Waals surface area contributed by atoms with E-state index in [-0.39, 0.29) is 23.6 Å². The van der Waals surface area contributed by atoms with E-state index >= 15 is 0 Å². The van der Waals surface area contributed by atoms with E-state index in [4.69, 9.17) is 0 Å². The van der Waals surface area contributed by atoms with E-state index in [9.17, 15) is 14.3 Å². The Morgan fingerprint density at radius 2 is 1.93 bits per heavy atom. The molecule has 144 valence electrons. The highest BCUT2D eigenvalue weighted by atomic mass is 19.1. The van der Waals surface area contributed by atoms with E-state index < -0.39 is 6.10 Å². The number of nitrogens with one attached hydrogen (secondary N) is 1. The second-order valence-corrected chi connectivity index (χ2v) is 7.78. The van der Waals surface area contributed by atoms with Crippen molar-refractivity contribution in [2.75, 3.05) is 13.1 Å². The Hall–Kier alpha value is -2.21. The van der Waals surface area contributed by atoms with Crippen LogP contribution >= 0.6 is 0 Å². The molecule has 1 saturated heterocycles. The molecule has 1 saturated carbocycles. The lowest BCUT2D eigenvalue weighted by Gasteiger charge is -2.37. The van der Waals surface area contributed by atoms with Gasteiger partial charge < -0.3 is 10.0 Å². The van der Waals surface area contributed by atoms with Crippen LogP contribution in [0.4, 0.5) is 4.39 Å². The Balaban J connectivity index is 1.40. The predicted molar refractivity (Wildman–Crippen MR) is 101 cm³/mol. The Labute approximate surface area is 158 Å². The van der Waals surface area contributed by atoms with E-state index in [1.165, 1.54) is 0 Å². The Bertz CT molecular complexity index is 785. The maximum Gasteiger partial charge on any atom is 0.228 e. The van der Waals surface area contributed by atoms with Gasteiger partial charge in [-0.05, 0) is 48.8 Å². The van der Waals surface area contributed by atoms with Gasteiger partial charge in [0.05, 0.1) is 18.2 Å². The molecule has 0 radical (unpaired) electrons. The summed E-state index contributed by atoms with van der Waals surface area (Å²) < 4.78 is 14.7. The number of aromatic nitrogens is 2. The third-order valence-corrected chi connectivity index (χ3v) is 6.13. The van der Waals surface area contributed by atoms with Gasteiger partial charge in [0.15, 0.2) is 0 Å². The molecule has 6 heteroatoms. The number of hydrogen-bond donors (Lipinski definition) is 2. The van der Waals surface area contributed by atoms with Crippen LogP contribution < -0.4 is 0 Å². The molecule has 0 spiro atoms. The molecule has 1 aliphatic carbocycles. The molecule has 5 nitrogen and oxygen atoms in total. The number of carbonyl (C=O) groups is 1. The number of benzene rings is 1. The number of hydrogen-bond acceptors (Lipinski definition) is 3. The minimum absolute atomic E-state index is 0.0800. The number of rotatable bonds is 3. The van der Waals surface area contributed by atoms with Crippen LogP contribution in [0.15, 0.2) is 30.6 Å². The number of piperidine rings is 1. The van der Waals surface area contributed by atoms with Crippen molar-refractivity contribution in [1.82, 2.24) is 15.1 Å². The van der Waals surface area contributed by atoms with Gasteiger partial charge in [0, 0.05) is 24.8 Å². The summed E-state index contributed by atoms with van der Waals surface area (Å²) in [5.74, 6) is -0.234. The number of aromatic amines is 1. The fourth-order valence-electron chi connectivity index (χ4n) is 4.49. The highest BCUT2D eigenvalue weighted by Crippen LogP contribution is 2.34. The van der Waals surface area contributed by atoms with Crippen molar-refractivity contribution in [1.29, 1.82) is 0 Å². The Kier molecular flexibility index (Phi) is 5.25. The normalized spacial score (nSPS) is 24.1. The lowest BCUT2D eigenvalue weighted by atomic mass is 9.84. The number of H-pyrrole nitrogens is 1. The van der Waals surface area contributed by atoms with Crippen LogP contribution in [-0.4, -0.2) is 45.3 Å². The predicted octanol–water partition coefficient (Wildman–Crippen LogP) is 3.47. The molecule has 1 aromatic heterocycles. The standard InChI is InChI=1S/C21H26FN3O2/c22-19-11-15(16-12-23-24-13-16)5-6-17(19)14-7-9-25(10-8-14)21(27)18-3-1-2-4-20(18)26/h5-6,11-14,18,20,26H,1-4,7-10H2,(H,23,24)/t18-,20-/m1/s1. The summed E-state index contributed by atoms with van der Waals surface area (Å²) >= 11 is 0. The van der Waals surface area contributed by atoms with Crippen LogP contribution in [0.1, 0.15) is 50.0 Å². The molecule has 2 N–H and O–H groups in total. The number of carbonyl (C=O) groups excluding carboxylic acids is 1. The van der Waals surface area contributed by atoms with Gasteiger partial charge in [0.1, 0.15) is 5.82 Å².